The smallest absolute Gasteiger partial charge is 0.240 e. The van der Waals surface area contributed by atoms with E-state index >= 15 is 0 Å². The van der Waals surface area contributed by atoms with Crippen molar-refractivity contribution in [2.45, 2.75) is 38.7 Å². The molecule has 0 saturated carbocycles. The van der Waals surface area contributed by atoms with Gasteiger partial charge in [0.15, 0.2) is 0 Å². The van der Waals surface area contributed by atoms with Crippen molar-refractivity contribution in [2.75, 3.05) is 13.2 Å². The molecule has 0 aliphatic carbocycles. The minimum absolute atomic E-state index is 0.000454. The van der Waals surface area contributed by atoms with Crippen molar-refractivity contribution in [1.82, 2.24) is 4.72 Å². The molecule has 1 atom stereocenters. The molecule has 0 aromatic heterocycles. The van der Waals surface area contributed by atoms with Crippen LogP contribution in [0.5, 0.6) is 5.75 Å². The zero-order valence-electron chi connectivity index (χ0n) is 13.0. The second-order valence-corrected chi connectivity index (χ2v) is 7.61. The Morgan fingerprint density at radius 1 is 1.14 bits per heavy atom. The maximum Gasteiger partial charge on any atom is 0.240 e. The van der Waals surface area contributed by atoms with Gasteiger partial charge in [0, 0.05) is 6.54 Å². The van der Waals surface area contributed by atoms with Gasteiger partial charge in [-0.05, 0) is 36.1 Å². The first-order valence-electron chi connectivity index (χ1n) is 7.13. The van der Waals surface area contributed by atoms with E-state index in [1.165, 1.54) is 12.1 Å². The molecule has 1 aromatic rings. The Kier molecular flexibility index (Phi) is 6.64. The second-order valence-electron chi connectivity index (χ2n) is 5.84. The summed E-state index contributed by atoms with van der Waals surface area (Å²) in [6, 6.07) is 6.27. The highest BCUT2D eigenvalue weighted by Gasteiger charge is 2.17. The maximum absolute atomic E-state index is 12.1. The predicted octanol–water partition coefficient (Wildman–Crippen LogP) is 2.02. The molecule has 0 aliphatic rings. The standard InChI is InChI=1S/C15H25NO4S/c1-11(2)10-20-13-5-7-14(8-6-13)21(18,19)16-9-15(17)12(3)4/h5-8,11-12,15-17H,9-10H2,1-4H3. The van der Waals surface area contributed by atoms with Crippen molar-refractivity contribution in [3.63, 3.8) is 0 Å². The van der Waals surface area contributed by atoms with Crippen LogP contribution in [0.3, 0.4) is 0 Å². The van der Waals surface area contributed by atoms with Crippen LogP contribution < -0.4 is 9.46 Å². The van der Waals surface area contributed by atoms with E-state index in [4.69, 9.17) is 4.74 Å². The van der Waals surface area contributed by atoms with Gasteiger partial charge in [-0.1, -0.05) is 27.7 Å². The Morgan fingerprint density at radius 2 is 1.71 bits per heavy atom. The minimum Gasteiger partial charge on any atom is -0.493 e. The molecule has 1 aromatic carbocycles. The molecule has 2 N–H and O–H groups in total. The van der Waals surface area contributed by atoms with Crippen LogP contribution in [-0.4, -0.2) is 32.8 Å². The lowest BCUT2D eigenvalue weighted by atomic mass is 10.1. The van der Waals surface area contributed by atoms with Crippen LogP contribution in [0, 0.1) is 11.8 Å². The number of nitrogens with one attached hydrogen (secondary N) is 1. The number of benzene rings is 1. The number of rotatable bonds is 8. The fourth-order valence-electron chi connectivity index (χ4n) is 1.49. The van der Waals surface area contributed by atoms with Crippen LogP contribution >= 0.6 is 0 Å². The van der Waals surface area contributed by atoms with Gasteiger partial charge in [0.2, 0.25) is 10.0 Å². The number of hydrogen-bond donors (Lipinski definition) is 2. The molecule has 120 valence electrons. The van der Waals surface area contributed by atoms with Gasteiger partial charge >= 0.3 is 0 Å². The fourth-order valence-corrected chi connectivity index (χ4v) is 2.54. The SMILES string of the molecule is CC(C)COc1ccc(S(=O)(=O)NCC(O)C(C)C)cc1. The predicted molar refractivity (Wildman–Crippen MR) is 82.8 cm³/mol. The van der Waals surface area contributed by atoms with Crippen LogP contribution in [0.25, 0.3) is 0 Å². The van der Waals surface area contributed by atoms with Crippen molar-refractivity contribution >= 4 is 10.0 Å². The van der Waals surface area contributed by atoms with E-state index in [1.807, 2.05) is 27.7 Å². The summed E-state index contributed by atoms with van der Waals surface area (Å²) >= 11 is 0. The first-order chi connectivity index (χ1) is 9.72. The molecule has 1 unspecified atom stereocenters. The fraction of sp³-hybridized carbons (Fsp3) is 0.600. The molecule has 0 saturated heterocycles. The highest BCUT2D eigenvalue weighted by molar-refractivity contribution is 7.89. The van der Waals surface area contributed by atoms with Gasteiger partial charge in [-0.25, -0.2) is 13.1 Å². The monoisotopic (exact) mass is 315 g/mol. The van der Waals surface area contributed by atoms with Crippen LogP contribution in [0.2, 0.25) is 0 Å². The number of ether oxygens (including phenoxy) is 1. The summed E-state index contributed by atoms with van der Waals surface area (Å²) in [6.07, 6.45) is -0.701. The van der Waals surface area contributed by atoms with Crippen LogP contribution in [-0.2, 0) is 10.0 Å². The van der Waals surface area contributed by atoms with E-state index in [-0.39, 0.29) is 17.4 Å². The van der Waals surface area contributed by atoms with E-state index in [9.17, 15) is 13.5 Å². The van der Waals surface area contributed by atoms with Crippen molar-refractivity contribution in [2.24, 2.45) is 11.8 Å². The zero-order valence-corrected chi connectivity index (χ0v) is 13.9. The summed E-state index contributed by atoms with van der Waals surface area (Å²) in [5.41, 5.74) is 0. The lowest BCUT2D eigenvalue weighted by molar-refractivity contribution is 0.129. The molecule has 0 aliphatic heterocycles. The molecule has 0 bridgehead atoms. The molecule has 0 radical (unpaired) electrons. The summed E-state index contributed by atoms with van der Waals surface area (Å²) in [7, 11) is -3.60. The Bertz CT molecular complexity index is 523. The molecule has 6 heteroatoms. The van der Waals surface area contributed by atoms with Crippen molar-refractivity contribution < 1.29 is 18.3 Å². The molecule has 0 amide bonds. The third kappa shape index (κ3) is 6.03. The molecule has 5 nitrogen and oxygen atoms in total. The molecule has 0 fully saturated rings. The summed E-state index contributed by atoms with van der Waals surface area (Å²) in [6.45, 7) is 8.35. The van der Waals surface area contributed by atoms with Crippen LogP contribution in [0.1, 0.15) is 27.7 Å². The number of aliphatic hydroxyl groups excluding tert-OH is 1. The summed E-state index contributed by atoms with van der Waals surface area (Å²) in [4.78, 5) is 0.162. The Hall–Kier alpha value is -1.11. The first kappa shape index (κ1) is 17.9. The van der Waals surface area contributed by atoms with Gasteiger partial charge in [0.05, 0.1) is 17.6 Å². The summed E-state index contributed by atoms with van der Waals surface area (Å²) < 4.78 is 32.1. The largest absolute Gasteiger partial charge is 0.493 e. The van der Waals surface area contributed by atoms with Crippen LogP contribution in [0.15, 0.2) is 29.2 Å². The van der Waals surface area contributed by atoms with Crippen LogP contribution in [0.4, 0.5) is 0 Å². The average Bonchev–Trinajstić information content (AvgIpc) is 2.43. The summed E-state index contributed by atoms with van der Waals surface area (Å²) in [5, 5.41) is 9.66. The molecule has 0 heterocycles. The van der Waals surface area contributed by atoms with Gasteiger partial charge in [-0.15, -0.1) is 0 Å². The molecule has 1 rings (SSSR count). The number of aliphatic hydroxyl groups is 1. The van der Waals surface area contributed by atoms with Gasteiger partial charge in [0.1, 0.15) is 5.75 Å². The normalized spacial score (nSPS) is 13.7. The lowest BCUT2D eigenvalue weighted by Crippen LogP contribution is -2.34. The number of hydrogen-bond acceptors (Lipinski definition) is 4. The van der Waals surface area contributed by atoms with Gasteiger partial charge in [-0.2, -0.15) is 0 Å². The van der Waals surface area contributed by atoms with E-state index in [1.54, 1.807) is 12.1 Å². The van der Waals surface area contributed by atoms with Gasteiger partial charge in [-0.3, -0.25) is 0 Å². The van der Waals surface area contributed by atoms with Crippen molar-refractivity contribution in [1.29, 1.82) is 0 Å². The Morgan fingerprint density at radius 3 is 2.19 bits per heavy atom. The van der Waals surface area contributed by atoms with Crippen molar-refractivity contribution in [3.05, 3.63) is 24.3 Å². The van der Waals surface area contributed by atoms with E-state index in [0.29, 0.717) is 18.3 Å². The van der Waals surface area contributed by atoms with Crippen molar-refractivity contribution in [3.8, 4) is 5.75 Å². The highest BCUT2D eigenvalue weighted by Crippen LogP contribution is 2.16. The number of sulfonamides is 1. The summed E-state index contributed by atoms with van der Waals surface area (Å²) in [5.74, 6) is 1.05. The quantitative estimate of drug-likeness (QED) is 0.769. The topological polar surface area (TPSA) is 75.6 Å². The van der Waals surface area contributed by atoms with E-state index in [2.05, 4.69) is 4.72 Å². The highest BCUT2D eigenvalue weighted by atomic mass is 32.2. The third-order valence-corrected chi connectivity index (χ3v) is 4.41. The molecule has 21 heavy (non-hydrogen) atoms. The molecular weight excluding hydrogens is 290 g/mol. The van der Waals surface area contributed by atoms with E-state index < -0.39 is 16.1 Å². The maximum atomic E-state index is 12.1. The zero-order chi connectivity index (χ0) is 16.0. The van der Waals surface area contributed by atoms with Gasteiger partial charge in [0.25, 0.3) is 0 Å². The molecule has 0 spiro atoms. The Labute approximate surface area is 127 Å². The lowest BCUT2D eigenvalue weighted by Gasteiger charge is -2.15. The van der Waals surface area contributed by atoms with E-state index in [0.717, 1.165) is 0 Å². The Balaban J connectivity index is 2.67. The second kappa shape index (κ2) is 7.77. The first-order valence-corrected chi connectivity index (χ1v) is 8.61. The minimum atomic E-state index is -3.60. The molecular formula is C15H25NO4S. The average molecular weight is 315 g/mol. The third-order valence-electron chi connectivity index (χ3n) is 2.97. The van der Waals surface area contributed by atoms with Gasteiger partial charge < -0.3 is 9.84 Å².